The van der Waals surface area contributed by atoms with Crippen LogP contribution < -0.4 is 59.1 Å². The van der Waals surface area contributed by atoms with Crippen LogP contribution in [-0.4, -0.2) is 30.6 Å². The molecule has 116 valence electrons. The number of hydrogen-bond donors (Lipinski definition) is 1. The molecule has 21 heavy (non-hydrogen) atoms. The molecule has 0 aliphatic heterocycles. The van der Waals surface area contributed by atoms with Gasteiger partial charge in [0.25, 0.3) is 0 Å². The number of carbonyl (C=O) groups is 1. The van der Waals surface area contributed by atoms with E-state index in [1.807, 2.05) is 6.92 Å². The summed E-state index contributed by atoms with van der Waals surface area (Å²) in [7, 11) is -4.33. The average Bonchev–Trinajstić information content (AvgIpc) is 2.20. The molecule has 2 unspecified atom stereocenters. The molecule has 0 aromatic heterocycles. The Morgan fingerprint density at radius 1 is 1.24 bits per heavy atom. The smallest absolute Gasteiger partial charge is 0.780 e. The number of thiol groups is 1. The fourth-order valence-electron chi connectivity index (χ4n) is 1.13. The Morgan fingerprint density at radius 3 is 1.86 bits per heavy atom. The third kappa shape index (κ3) is 30.5. The van der Waals surface area contributed by atoms with Crippen LogP contribution in [0, 0.1) is 5.92 Å². The zero-order valence-electron chi connectivity index (χ0n) is 13.7. The molecule has 0 N–H and O–H groups in total. The Labute approximate surface area is 183 Å². The first kappa shape index (κ1) is 30.9. The van der Waals surface area contributed by atoms with Crippen molar-refractivity contribution in [2.24, 2.45) is 5.92 Å². The van der Waals surface area contributed by atoms with Crippen molar-refractivity contribution in [3.8, 4) is 0 Å². The number of esters is 1. The number of rotatable bonds is 6. The summed E-state index contributed by atoms with van der Waals surface area (Å²) in [5.41, 5.74) is 0. The van der Waals surface area contributed by atoms with Crippen LogP contribution in [-0.2, 0) is 29.8 Å². The Balaban J connectivity index is -0.000000179. The van der Waals surface area contributed by atoms with E-state index in [2.05, 4.69) is 37.7 Å². The van der Waals surface area contributed by atoms with E-state index in [0.29, 0.717) is 5.92 Å². The van der Waals surface area contributed by atoms with Crippen molar-refractivity contribution in [2.45, 2.75) is 58.3 Å². The van der Waals surface area contributed by atoms with Crippen molar-refractivity contribution in [3.63, 3.8) is 0 Å². The summed E-state index contributed by atoms with van der Waals surface area (Å²) in [6, 6.07) is 0. The minimum Gasteiger partial charge on any atom is -0.780 e. The van der Waals surface area contributed by atoms with E-state index in [4.69, 9.17) is 18.1 Å². The molecule has 0 saturated carbocycles. The summed E-state index contributed by atoms with van der Waals surface area (Å²) in [5.74, 6) is 0.458. The molecule has 0 amide bonds. The van der Waals surface area contributed by atoms with Gasteiger partial charge in [-0.25, -0.2) is 0 Å². The van der Waals surface area contributed by atoms with E-state index in [0.717, 1.165) is 19.3 Å². The molecule has 0 saturated heterocycles. The van der Waals surface area contributed by atoms with Gasteiger partial charge in [-0.2, -0.15) is 12.6 Å². The molecule has 0 fully saturated rings. The van der Waals surface area contributed by atoms with Gasteiger partial charge in [-0.15, -0.1) is 9.05 Å². The molecule has 0 bridgehead atoms. The maximum Gasteiger partial charge on any atom is 1.00 e. The Morgan fingerprint density at radius 2 is 1.62 bits per heavy atom. The van der Waals surface area contributed by atoms with Crippen LogP contribution in [0.4, 0.5) is 0 Å². The molecule has 0 radical (unpaired) electrons. The van der Waals surface area contributed by atoms with E-state index in [1.54, 1.807) is 6.92 Å². The van der Waals surface area contributed by atoms with Crippen LogP contribution >= 0.6 is 12.6 Å². The normalized spacial score (nSPS) is 13.0. The largest absolute Gasteiger partial charge is 1.00 e. The minimum atomic E-state index is -4.33. The first-order valence-electron chi connectivity index (χ1n) is 6.02. The monoisotopic (exact) mass is 376 g/mol. The summed E-state index contributed by atoms with van der Waals surface area (Å²) in [5, 5.41) is -0.317. The summed E-state index contributed by atoms with van der Waals surface area (Å²) in [4.78, 5) is 11.3. The van der Waals surface area contributed by atoms with Crippen LogP contribution in [0.15, 0.2) is 0 Å². The number of carbonyl (C=O) groups excluding carboxylic acids is 1. The molecule has 10 heteroatoms. The van der Waals surface area contributed by atoms with Crippen molar-refractivity contribution in [2.75, 3.05) is 0 Å². The van der Waals surface area contributed by atoms with Gasteiger partial charge in [0.2, 0.25) is 0 Å². The third-order valence-corrected chi connectivity index (χ3v) is 2.36. The van der Waals surface area contributed by atoms with Gasteiger partial charge in [0.15, 0.2) is 0 Å². The molecule has 0 aromatic carbocycles. The zero-order valence-corrected chi connectivity index (χ0v) is 20.2. The quantitative estimate of drug-likeness (QED) is 0.289. The standard InChI is InChI=1S/C11H22O2S.2Na.H2O3S2/c1-5-10(7-6-8(2)3)13-11(12)9(4)14;;;1-5(2,3)4/h8-10,14H,5-7H2,1-4H3;;;(H2,1,2,3,4)/q;2*+1;/p-2. The topological polar surface area (TPSA) is 89.5 Å². The fraction of sp³-hybridized carbons (Fsp3) is 0.909. The van der Waals surface area contributed by atoms with Crippen LogP contribution in [0.5, 0.6) is 0 Å². The van der Waals surface area contributed by atoms with Gasteiger partial charge in [0.05, 0.1) is 5.25 Å². The van der Waals surface area contributed by atoms with Crippen LogP contribution in [0.2, 0.25) is 0 Å². The third-order valence-electron chi connectivity index (χ3n) is 2.15. The second-order valence-corrected chi connectivity index (χ2v) is 7.34. The van der Waals surface area contributed by atoms with E-state index in [9.17, 15) is 4.79 Å². The molecular weight excluding hydrogens is 354 g/mol. The van der Waals surface area contributed by atoms with E-state index < -0.39 is 9.05 Å². The predicted octanol–water partition coefficient (Wildman–Crippen LogP) is -3.94. The van der Waals surface area contributed by atoms with Crippen molar-refractivity contribution < 1.29 is 82.0 Å². The van der Waals surface area contributed by atoms with E-state index in [1.165, 1.54) is 0 Å². The first-order valence-corrected chi connectivity index (χ1v) is 8.87. The molecule has 5 nitrogen and oxygen atoms in total. The first-order chi connectivity index (χ1) is 8.47. The van der Waals surface area contributed by atoms with Gasteiger partial charge in [-0.3, -0.25) is 9.00 Å². The Bertz CT molecular complexity index is 340. The molecule has 0 spiro atoms. The molecule has 0 aliphatic carbocycles. The van der Waals surface area contributed by atoms with Crippen molar-refractivity contribution in [1.29, 1.82) is 0 Å². The molecule has 0 heterocycles. The second-order valence-electron chi connectivity index (χ2n) is 4.52. The van der Waals surface area contributed by atoms with E-state index in [-0.39, 0.29) is 76.4 Å². The Hall–Kier alpha value is 2.11. The second kappa shape index (κ2) is 17.0. The van der Waals surface area contributed by atoms with Gasteiger partial charge in [-0.05, 0) is 43.3 Å². The molecular formula is C11H22Na2O5S3. The van der Waals surface area contributed by atoms with Crippen molar-refractivity contribution in [3.05, 3.63) is 0 Å². The van der Waals surface area contributed by atoms with E-state index >= 15 is 0 Å². The maximum atomic E-state index is 11.3. The predicted molar refractivity (Wildman–Crippen MR) is 79.8 cm³/mol. The van der Waals surface area contributed by atoms with Gasteiger partial charge >= 0.3 is 65.1 Å². The SMILES string of the molecule is CCC(CCC(C)C)OC(=O)C(C)S.O=S([O-])([O-])=S.[Na+].[Na+]. The summed E-state index contributed by atoms with van der Waals surface area (Å²) in [6.45, 7) is 8.13. The maximum absolute atomic E-state index is 11.3. The average molecular weight is 376 g/mol. The molecule has 0 aliphatic rings. The van der Waals surface area contributed by atoms with Crippen LogP contribution in [0.1, 0.15) is 47.0 Å². The van der Waals surface area contributed by atoms with Crippen LogP contribution in [0.3, 0.4) is 0 Å². The fourth-order valence-corrected chi connectivity index (χ4v) is 1.19. The molecule has 0 aromatic rings. The van der Waals surface area contributed by atoms with Crippen molar-refractivity contribution >= 4 is 38.8 Å². The molecule has 2 atom stereocenters. The summed E-state index contributed by atoms with van der Waals surface area (Å²) in [6.07, 6.45) is 3.02. The Kier molecular flexibility index (Phi) is 25.0. The summed E-state index contributed by atoms with van der Waals surface area (Å²) < 4.78 is 32.0. The van der Waals surface area contributed by atoms with Crippen molar-refractivity contribution in [1.82, 2.24) is 0 Å². The molecule has 0 rings (SSSR count). The number of hydrogen-bond acceptors (Lipinski definition) is 7. The van der Waals surface area contributed by atoms with Crippen LogP contribution in [0.25, 0.3) is 0 Å². The van der Waals surface area contributed by atoms with Gasteiger partial charge in [0, 0.05) is 0 Å². The zero-order chi connectivity index (χ0) is 15.6. The minimum absolute atomic E-state index is 0. The number of ether oxygens (including phenoxy) is 1. The van der Waals surface area contributed by atoms with Gasteiger partial charge < -0.3 is 13.8 Å². The summed E-state index contributed by atoms with van der Waals surface area (Å²) >= 11 is 7.28. The van der Waals surface area contributed by atoms with Gasteiger partial charge in [0.1, 0.15) is 6.10 Å². The van der Waals surface area contributed by atoms with Gasteiger partial charge in [-0.1, -0.05) is 20.8 Å².